The van der Waals surface area contributed by atoms with Crippen LogP contribution in [0.5, 0.6) is 5.75 Å². The van der Waals surface area contributed by atoms with E-state index < -0.39 is 0 Å². The minimum Gasteiger partial charge on any atom is -0.489 e. The third-order valence-corrected chi connectivity index (χ3v) is 4.93. The predicted octanol–water partition coefficient (Wildman–Crippen LogP) is 2.95. The van der Waals surface area contributed by atoms with Gasteiger partial charge in [0.25, 0.3) is 0 Å². The third kappa shape index (κ3) is 8.44. The lowest BCUT2D eigenvalue weighted by atomic mass is 10.1. The highest BCUT2D eigenvalue weighted by atomic mass is 35.5. The van der Waals surface area contributed by atoms with E-state index in [1.54, 1.807) is 0 Å². The van der Waals surface area contributed by atoms with Gasteiger partial charge in [-0.2, -0.15) is 0 Å². The van der Waals surface area contributed by atoms with Crippen LogP contribution < -0.4 is 15.4 Å². The van der Waals surface area contributed by atoms with Gasteiger partial charge in [0.15, 0.2) is 0 Å². The van der Waals surface area contributed by atoms with Gasteiger partial charge in [0, 0.05) is 32.7 Å². The molecule has 3 rings (SSSR count). The summed E-state index contributed by atoms with van der Waals surface area (Å²) < 4.78 is 5.89. The second kappa shape index (κ2) is 12.5. The number of hydrogen-bond acceptors (Lipinski definition) is 4. The highest BCUT2D eigenvalue weighted by Crippen LogP contribution is 2.16. The van der Waals surface area contributed by atoms with E-state index in [1.165, 1.54) is 5.56 Å². The molecular formula is C23H32ClN3O2. The lowest BCUT2D eigenvalue weighted by Crippen LogP contribution is -2.44. The second-order valence-corrected chi connectivity index (χ2v) is 7.40. The second-order valence-electron chi connectivity index (χ2n) is 7.40. The molecule has 29 heavy (non-hydrogen) atoms. The summed E-state index contributed by atoms with van der Waals surface area (Å²) in [5.74, 6) is 0.863. The zero-order chi connectivity index (χ0) is 19.6. The van der Waals surface area contributed by atoms with Gasteiger partial charge in [-0.3, -0.25) is 4.79 Å². The standard InChI is InChI=1S/C23H31N3O2.ClH/c1-19-5-2-7-21(15-19)18-28-22-8-3-6-20(16-22)17-23(27)25-9-4-12-26-13-10-24-11-14-26;/h2-3,5-8,15-16,24H,4,9-14,17-18H2,1H3,(H,25,27);1H. The number of benzene rings is 2. The van der Waals surface area contributed by atoms with Crippen LogP contribution in [0.3, 0.4) is 0 Å². The molecule has 0 saturated carbocycles. The average molecular weight is 418 g/mol. The minimum absolute atomic E-state index is 0. The first-order valence-electron chi connectivity index (χ1n) is 10.2. The molecule has 0 atom stereocenters. The lowest BCUT2D eigenvalue weighted by molar-refractivity contribution is -0.120. The summed E-state index contributed by atoms with van der Waals surface area (Å²) in [4.78, 5) is 14.7. The number of nitrogens with zero attached hydrogens (tertiary/aromatic N) is 1. The number of carbonyl (C=O) groups excluding carboxylic acids is 1. The molecule has 1 heterocycles. The van der Waals surface area contributed by atoms with E-state index in [2.05, 4.69) is 40.7 Å². The van der Waals surface area contributed by atoms with E-state index in [1.807, 2.05) is 30.3 Å². The first-order valence-corrected chi connectivity index (χ1v) is 10.2. The van der Waals surface area contributed by atoms with Crippen LogP contribution in [-0.4, -0.2) is 50.1 Å². The minimum atomic E-state index is 0. The summed E-state index contributed by atoms with van der Waals surface area (Å²) >= 11 is 0. The van der Waals surface area contributed by atoms with Gasteiger partial charge in [-0.05, 0) is 43.1 Å². The molecule has 2 aromatic rings. The number of aryl methyl sites for hydroxylation is 1. The Morgan fingerprint density at radius 3 is 2.66 bits per heavy atom. The fourth-order valence-corrected chi connectivity index (χ4v) is 3.43. The predicted molar refractivity (Wildman–Crippen MR) is 120 cm³/mol. The highest BCUT2D eigenvalue weighted by Gasteiger charge is 2.09. The lowest BCUT2D eigenvalue weighted by Gasteiger charge is -2.27. The van der Waals surface area contributed by atoms with Crippen LogP contribution in [0.25, 0.3) is 0 Å². The van der Waals surface area contributed by atoms with Crippen LogP contribution in [0.15, 0.2) is 48.5 Å². The molecule has 6 heteroatoms. The number of ether oxygens (including phenoxy) is 1. The van der Waals surface area contributed by atoms with Crippen LogP contribution in [0, 0.1) is 6.92 Å². The number of nitrogens with one attached hydrogen (secondary N) is 2. The van der Waals surface area contributed by atoms with E-state index in [0.717, 1.165) is 62.6 Å². The van der Waals surface area contributed by atoms with Crippen molar-refractivity contribution in [2.45, 2.75) is 26.4 Å². The Balaban J connectivity index is 0.00000300. The van der Waals surface area contributed by atoms with Crippen molar-refractivity contribution in [3.05, 3.63) is 65.2 Å². The van der Waals surface area contributed by atoms with Crippen molar-refractivity contribution < 1.29 is 9.53 Å². The van der Waals surface area contributed by atoms with Gasteiger partial charge < -0.3 is 20.3 Å². The van der Waals surface area contributed by atoms with Crippen molar-refractivity contribution in [3.63, 3.8) is 0 Å². The van der Waals surface area contributed by atoms with Crippen molar-refractivity contribution in [1.82, 2.24) is 15.5 Å². The molecule has 1 fully saturated rings. The van der Waals surface area contributed by atoms with Crippen LogP contribution in [0.2, 0.25) is 0 Å². The molecule has 1 aliphatic rings. The molecule has 5 nitrogen and oxygen atoms in total. The van der Waals surface area contributed by atoms with Gasteiger partial charge in [-0.1, -0.05) is 42.0 Å². The molecule has 0 bridgehead atoms. The molecule has 0 radical (unpaired) electrons. The van der Waals surface area contributed by atoms with E-state index in [9.17, 15) is 4.79 Å². The molecule has 2 N–H and O–H groups in total. The Hall–Kier alpha value is -2.08. The Morgan fingerprint density at radius 2 is 1.86 bits per heavy atom. The van der Waals surface area contributed by atoms with Gasteiger partial charge in [0.2, 0.25) is 5.91 Å². The summed E-state index contributed by atoms with van der Waals surface area (Å²) in [7, 11) is 0. The molecular weight excluding hydrogens is 386 g/mol. The van der Waals surface area contributed by atoms with Gasteiger partial charge >= 0.3 is 0 Å². The molecule has 0 spiro atoms. The molecule has 158 valence electrons. The first-order chi connectivity index (χ1) is 13.7. The van der Waals surface area contributed by atoms with E-state index in [-0.39, 0.29) is 18.3 Å². The normalized spacial score (nSPS) is 14.1. The summed E-state index contributed by atoms with van der Waals surface area (Å²) in [5.41, 5.74) is 3.34. The maximum atomic E-state index is 12.2. The van der Waals surface area contributed by atoms with Gasteiger partial charge in [0.1, 0.15) is 12.4 Å². The quantitative estimate of drug-likeness (QED) is 0.616. The molecule has 2 aromatic carbocycles. The Kier molecular flexibility index (Phi) is 9.98. The maximum absolute atomic E-state index is 12.2. The van der Waals surface area contributed by atoms with Crippen molar-refractivity contribution in [2.75, 3.05) is 39.3 Å². The third-order valence-electron chi connectivity index (χ3n) is 4.93. The largest absolute Gasteiger partial charge is 0.489 e. The number of rotatable bonds is 9. The monoisotopic (exact) mass is 417 g/mol. The molecule has 1 saturated heterocycles. The van der Waals surface area contributed by atoms with Crippen LogP contribution in [-0.2, 0) is 17.8 Å². The Morgan fingerprint density at radius 1 is 1.10 bits per heavy atom. The van der Waals surface area contributed by atoms with E-state index in [0.29, 0.717) is 13.0 Å². The topological polar surface area (TPSA) is 53.6 Å². The molecule has 1 aliphatic heterocycles. The number of halogens is 1. The zero-order valence-corrected chi connectivity index (χ0v) is 18.0. The summed E-state index contributed by atoms with van der Waals surface area (Å²) in [6.45, 7) is 8.71. The van der Waals surface area contributed by atoms with Gasteiger partial charge in [-0.25, -0.2) is 0 Å². The van der Waals surface area contributed by atoms with Gasteiger partial charge in [-0.15, -0.1) is 12.4 Å². The fourth-order valence-electron chi connectivity index (χ4n) is 3.43. The molecule has 0 aliphatic carbocycles. The Labute approximate surface area is 180 Å². The van der Waals surface area contributed by atoms with Crippen molar-refractivity contribution in [1.29, 1.82) is 0 Å². The van der Waals surface area contributed by atoms with Crippen LogP contribution in [0.4, 0.5) is 0 Å². The number of piperazine rings is 1. The first kappa shape index (κ1) is 23.2. The maximum Gasteiger partial charge on any atom is 0.224 e. The molecule has 1 amide bonds. The smallest absolute Gasteiger partial charge is 0.224 e. The fraction of sp³-hybridized carbons (Fsp3) is 0.435. The van der Waals surface area contributed by atoms with Crippen molar-refractivity contribution >= 4 is 18.3 Å². The molecule has 0 unspecified atom stereocenters. The van der Waals surface area contributed by atoms with Crippen molar-refractivity contribution in [3.8, 4) is 5.75 Å². The summed E-state index contributed by atoms with van der Waals surface area (Å²) in [5, 5.41) is 6.39. The van der Waals surface area contributed by atoms with Crippen molar-refractivity contribution in [2.24, 2.45) is 0 Å². The number of hydrogen-bond donors (Lipinski definition) is 2. The van der Waals surface area contributed by atoms with E-state index >= 15 is 0 Å². The summed E-state index contributed by atoms with van der Waals surface area (Å²) in [6.07, 6.45) is 1.38. The Bertz CT molecular complexity index is 763. The highest BCUT2D eigenvalue weighted by molar-refractivity contribution is 5.85. The van der Waals surface area contributed by atoms with E-state index in [4.69, 9.17) is 4.74 Å². The number of carbonyl (C=O) groups is 1. The molecule has 0 aromatic heterocycles. The SMILES string of the molecule is Cc1cccc(COc2cccc(CC(=O)NCCCN3CCNCC3)c2)c1.Cl. The summed E-state index contributed by atoms with van der Waals surface area (Å²) in [6, 6.07) is 16.1. The zero-order valence-electron chi connectivity index (χ0n) is 17.2. The van der Waals surface area contributed by atoms with Gasteiger partial charge in [0.05, 0.1) is 6.42 Å². The van der Waals surface area contributed by atoms with Crippen LogP contribution in [0.1, 0.15) is 23.1 Å². The number of amides is 1. The average Bonchev–Trinajstić information content (AvgIpc) is 2.71. The van der Waals surface area contributed by atoms with Crippen LogP contribution >= 0.6 is 12.4 Å².